The molecule has 2 aromatic rings. The van der Waals surface area contributed by atoms with Crippen molar-refractivity contribution in [1.29, 1.82) is 0 Å². The Hall–Kier alpha value is -2.67. The largest absolute Gasteiger partial charge is 0.364 e. The molecule has 1 saturated carbocycles. The summed E-state index contributed by atoms with van der Waals surface area (Å²) in [4.78, 5) is 20.9. The summed E-state index contributed by atoms with van der Waals surface area (Å²) in [6, 6.07) is 9.19. The molecular formula is C21H28N6O. The highest BCUT2D eigenvalue weighted by molar-refractivity contribution is 5.95. The summed E-state index contributed by atoms with van der Waals surface area (Å²) < 4.78 is 0. The number of nitrogens with one attached hydrogen (secondary N) is 3. The van der Waals surface area contributed by atoms with Crippen molar-refractivity contribution in [3.05, 3.63) is 47.3 Å². The lowest BCUT2D eigenvalue weighted by Gasteiger charge is -2.32. The van der Waals surface area contributed by atoms with Crippen LogP contribution in [-0.2, 0) is 6.42 Å². The fourth-order valence-corrected chi connectivity index (χ4v) is 4.45. The molecule has 2 aliphatic rings. The highest BCUT2D eigenvalue weighted by Crippen LogP contribution is 2.34. The number of aromatic nitrogens is 2. The van der Waals surface area contributed by atoms with E-state index in [1.165, 1.54) is 24.0 Å². The normalized spacial score (nSPS) is 23.8. The van der Waals surface area contributed by atoms with Gasteiger partial charge in [0.25, 0.3) is 5.91 Å². The first-order chi connectivity index (χ1) is 13.7. The standard InChI is InChI=1S/C21H28N6O/c1-23-16-8-4-5-9-17(16)25-18-12-24-19(20(22)28)21(27-18)26-15-11-10-13-6-2-3-7-14(13)15/h2-3,6-7,12,15-17,23H,4-5,8-11H2,1H3,(H2,22,28)(H2,25,26,27). The number of benzene rings is 1. The molecule has 3 unspecified atom stereocenters. The molecule has 3 atom stereocenters. The van der Waals surface area contributed by atoms with Crippen LogP contribution in [0.2, 0.25) is 0 Å². The number of anilines is 2. The molecule has 0 spiro atoms. The van der Waals surface area contributed by atoms with Gasteiger partial charge in [0.2, 0.25) is 0 Å². The Morgan fingerprint density at radius 1 is 1.11 bits per heavy atom. The molecule has 28 heavy (non-hydrogen) atoms. The molecular weight excluding hydrogens is 352 g/mol. The highest BCUT2D eigenvalue weighted by Gasteiger charge is 2.26. The molecule has 7 heteroatoms. The van der Waals surface area contributed by atoms with Crippen molar-refractivity contribution in [1.82, 2.24) is 15.3 Å². The van der Waals surface area contributed by atoms with E-state index in [-0.39, 0.29) is 11.7 Å². The molecule has 1 aromatic heterocycles. The third kappa shape index (κ3) is 3.80. The molecule has 0 bridgehead atoms. The Kier molecular flexibility index (Phi) is 5.43. The Labute approximate surface area is 165 Å². The van der Waals surface area contributed by atoms with Crippen molar-refractivity contribution in [3.63, 3.8) is 0 Å². The van der Waals surface area contributed by atoms with E-state index in [1.807, 2.05) is 13.1 Å². The smallest absolute Gasteiger partial charge is 0.271 e. The molecule has 0 saturated heterocycles. The molecule has 0 aliphatic heterocycles. The van der Waals surface area contributed by atoms with Gasteiger partial charge in [-0.05, 0) is 43.9 Å². The number of hydrogen-bond donors (Lipinski definition) is 4. The van der Waals surface area contributed by atoms with Crippen molar-refractivity contribution in [2.45, 2.75) is 56.7 Å². The maximum absolute atomic E-state index is 11.9. The fourth-order valence-electron chi connectivity index (χ4n) is 4.45. The van der Waals surface area contributed by atoms with Crippen LogP contribution in [0.15, 0.2) is 30.5 Å². The van der Waals surface area contributed by atoms with Gasteiger partial charge in [-0.15, -0.1) is 0 Å². The summed E-state index contributed by atoms with van der Waals surface area (Å²) in [6.45, 7) is 0. The van der Waals surface area contributed by atoms with E-state index in [1.54, 1.807) is 6.20 Å². The summed E-state index contributed by atoms with van der Waals surface area (Å²) >= 11 is 0. The van der Waals surface area contributed by atoms with Gasteiger partial charge in [-0.3, -0.25) is 4.79 Å². The van der Waals surface area contributed by atoms with Crippen LogP contribution >= 0.6 is 0 Å². The first kappa shape index (κ1) is 18.7. The molecule has 7 nitrogen and oxygen atoms in total. The van der Waals surface area contributed by atoms with Gasteiger partial charge in [-0.25, -0.2) is 9.97 Å². The van der Waals surface area contributed by atoms with Crippen molar-refractivity contribution in [3.8, 4) is 0 Å². The van der Waals surface area contributed by atoms with Crippen LogP contribution in [0.4, 0.5) is 11.6 Å². The fraction of sp³-hybridized carbons (Fsp3) is 0.476. The molecule has 1 fully saturated rings. The minimum Gasteiger partial charge on any atom is -0.364 e. The summed E-state index contributed by atoms with van der Waals surface area (Å²) in [7, 11) is 2.00. The third-order valence-corrected chi connectivity index (χ3v) is 5.92. The van der Waals surface area contributed by atoms with Crippen LogP contribution in [-0.4, -0.2) is 35.0 Å². The van der Waals surface area contributed by atoms with Gasteiger partial charge in [0.15, 0.2) is 11.5 Å². The lowest BCUT2D eigenvalue weighted by Crippen LogP contribution is -2.44. The average molecular weight is 380 g/mol. The average Bonchev–Trinajstić information content (AvgIpc) is 3.11. The van der Waals surface area contributed by atoms with Crippen LogP contribution in [0.5, 0.6) is 0 Å². The monoisotopic (exact) mass is 380 g/mol. The molecule has 2 aliphatic carbocycles. The number of fused-ring (bicyclic) bond motifs is 1. The number of nitrogens with zero attached hydrogens (tertiary/aromatic N) is 2. The quantitative estimate of drug-likeness (QED) is 0.614. The third-order valence-electron chi connectivity index (χ3n) is 5.92. The lowest BCUT2D eigenvalue weighted by molar-refractivity contribution is 0.0996. The Balaban J connectivity index is 1.57. The zero-order chi connectivity index (χ0) is 19.5. The van der Waals surface area contributed by atoms with Gasteiger partial charge >= 0.3 is 0 Å². The van der Waals surface area contributed by atoms with E-state index < -0.39 is 5.91 Å². The van der Waals surface area contributed by atoms with Crippen molar-refractivity contribution in [2.75, 3.05) is 17.7 Å². The Morgan fingerprint density at radius 3 is 2.68 bits per heavy atom. The summed E-state index contributed by atoms with van der Waals surface area (Å²) in [5, 5.41) is 10.3. The molecule has 148 valence electrons. The Morgan fingerprint density at radius 2 is 1.89 bits per heavy atom. The number of carbonyl (C=O) groups excluding carboxylic acids is 1. The van der Waals surface area contributed by atoms with Crippen LogP contribution < -0.4 is 21.7 Å². The van der Waals surface area contributed by atoms with Gasteiger partial charge in [0.1, 0.15) is 5.82 Å². The van der Waals surface area contributed by atoms with Crippen molar-refractivity contribution >= 4 is 17.5 Å². The summed E-state index contributed by atoms with van der Waals surface area (Å²) in [5.74, 6) is 0.556. The van der Waals surface area contributed by atoms with Crippen LogP contribution in [0, 0.1) is 0 Å². The highest BCUT2D eigenvalue weighted by atomic mass is 16.1. The van der Waals surface area contributed by atoms with Gasteiger partial charge in [0.05, 0.1) is 12.2 Å². The summed E-state index contributed by atoms with van der Waals surface area (Å²) in [5.41, 5.74) is 8.32. The van der Waals surface area contributed by atoms with E-state index in [4.69, 9.17) is 5.73 Å². The number of nitrogens with two attached hydrogens (primary N) is 1. The second-order valence-corrected chi connectivity index (χ2v) is 7.68. The minimum atomic E-state index is -0.571. The molecule has 1 aromatic carbocycles. The van der Waals surface area contributed by atoms with Crippen LogP contribution in [0.1, 0.15) is 59.8 Å². The number of hydrogen-bond acceptors (Lipinski definition) is 6. The van der Waals surface area contributed by atoms with E-state index in [0.717, 1.165) is 25.7 Å². The Bertz CT molecular complexity index is 855. The maximum atomic E-state index is 11.9. The number of likely N-dealkylation sites (N-methyl/N-ethyl adjacent to an activating group) is 1. The zero-order valence-electron chi connectivity index (χ0n) is 16.2. The second-order valence-electron chi connectivity index (χ2n) is 7.68. The predicted octanol–water partition coefficient (Wildman–Crippen LogP) is 2.62. The van der Waals surface area contributed by atoms with E-state index in [9.17, 15) is 4.79 Å². The second kappa shape index (κ2) is 8.14. The minimum absolute atomic E-state index is 0.110. The number of amides is 1. The van der Waals surface area contributed by atoms with Crippen molar-refractivity contribution < 1.29 is 4.79 Å². The van der Waals surface area contributed by atoms with Crippen LogP contribution in [0.3, 0.4) is 0 Å². The van der Waals surface area contributed by atoms with Crippen molar-refractivity contribution in [2.24, 2.45) is 5.73 Å². The zero-order valence-corrected chi connectivity index (χ0v) is 16.2. The molecule has 0 radical (unpaired) electrons. The van der Waals surface area contributed by atoms with Gasteiger partial charge < -0.3 is 21.7 Å². The number of aryl methyl sites for hydroxylation is 1. The van der Waals surface area contributed by atoms with E-state index in [2.05, 4.69) is 44.1 Å². The van der Waals surface area contributed by atoms with Gasteiger partial charge in [0, 0.05) is 12.1 Å². The number of carbonyl (C=O) groups is 1. The first-order valence-electron chi connectivity index (χ1n) is 10.1. The van der Waals surface area contributed by atoms with Gasteiger partial charge in [-0.1, -0.05) is 37.1 Å². The number of primary amides is 1. The lowest BCUT2D eigenvalue weighted by atomic mass is 9.90. The summed E-state index contributed by atoms with van der Waals surface area (Å²) in [6.07, 6.45) is 8.25. The molecule has 5 N–H and O–H groups in total. The SMILES string of the molecule is CNC1CCCCC1Nc1cnc(C(N)=O)c(NC2CCc3ccccc32)n1. The molecule has 1 amide bonds. The van der Waals surface area contributed by atoms with Crippen LogP contribution in [0.25, 0.3) is 0 Å². The molecule has 1 heterocycles. The maximum Gasteiger partial charge on any atom is 0.271 e. The van der Waals surface area contributed by atoms with E-state index in [0.29, 0.717) is 23.7 Å². The molecule has 4 rings (SSSR count). The number of rotatable bonds is 6. The first-order valence-corrected chi connectivity index (χ1v) is 10.1. The topological polar surface area (TPSA) is 105 Å². The van der Waals surface area contributed by atoms with E-state index >= 15 is 0 Å². The predicted molar refractivity (Wildman–Crippen MR) is 110 cm³/mol. The van der Waals surface area contributed by atoms with Gasteiger partial charge in [-0.2, -0.15) is 0 Å².